The molecule has 0 saturated heterocycles. The number of likely N-dealkylation sites (N-methyl/N-ethyl adjacent to an activating group) is 1. The van der Waals surface area contributed by atoms with E-state index in [4.69, 9.17) is 5.73 Å². The van der Waals surface area contributed by atoms with Gasteiger partial charge in [-0.1, -0.05) is 48.5 Å². The summed E-state index contributed by atoms with van der Waals surface area (Å²) in [4.78, 5) is 13.9. The zero-order chi connectivity index (χ0) is 13.7. The van der Waals surface area contributed by atoms with Gasteiger partial charge < -0.3 is 10.6 Å². The number of anilines is 1. The molecule has 2 aromatic rings. The van der Waals surface area contributed by atoms with Gasteiger partial charge in [-0.3, -0.25) is 4.79 Å². The molecule has 1 amide bonds. The minimum atomic E-state index is 0.0621. The van der Waals surface area contributed by atoms with E-state index in [1.165, 1.54) is 0 Å². The standard InChI is InChI=1S/C16H18N2O/c1-18(15-10-6-5-9-14(15)12-17)16(19)11-13-7-3-2-4-8-13/h2-10H,11-12,17H2,1H3. The maximum absolute atomic E-state index is 12.3. The summed E-state index contributed by atoms with van der Waals surface area (Å²) in [6, 6.07) is 17.5. The third-order valence-electron chi connectivity index (χ3n) is 3.15. The Morgan fingerprint density at radius 3 is 2.37 bits per heavy atom. The molecule has 0 saturated carbocycles. The van der Waals surface area contributed by atoms with Crippen LogP contribution in [-0.2, 0) is 17.8 Å². The van der Waals surface area contributed by atoms with Crippen LogP contribution in [0.15, 0.2) is 54.6 Å². The van der Waals surface area contributed by atoms with Crippen LogP contribution in [0.4, 0.5) is 5.69 Å². The SMILES string of the molecule is CN(C(=O)Cc1ccccc1)c1ccccc1CN. The summed E-state index contributed by atoms with van der Waals surface area (Å²) in [6.45, 7) is 0.430. The van der Waals surface area contributed by atoms with Crippen molar-refractivity contribution < 1.29 is 4.79 Å². The molecule has 3 heteroatoms. The number of carbonyl (C=O) groups is 1. The minimum Gasteiger partial charge on any atom is -0.326 e. The number of carbonyl (C=O) groups excluding carboxylic acids is 1. The molecule has 0 fully saturated rings. The summed E-state index contributed by atoms with van der Waals surface area (Å²) in [6.07, 6.45) is 0.399. The maximum Gasteiger partial charge on any atom is 0.231 e. The fourth-order valence-electron chi connectivity index (χ4n) is 2.03. The van der Waals surface area contributed by atoms with Crippen LogP contribution in [0.3, 0.4) is 0 Å². The van der Waals surface area contributed by atoms with Crippen molar-refractivity contribution in [2.75, 3.05) is 11.9 Å². The quantitative estimate of drug-likeness (QED) is 0.910. The van der Waals surface area contributed by atoms with E-state index in [1.54, 1.807) is 11.9 Å². The average molecular weight is 254 g/mol. The van der Waals surface area contributed by atoms with Crippen LogP contribution in [0.2, 0.25) is 0 Å². The highest BCUT2D eigenvalue weighted by molar-refractivity contribution is 5.94. The molecule has 0 unspecified atom stereocenters. The molecule has 2 aromatic carbocycles. The van der Waals surface area contributed by atoms with E-state index in [9.17, 15) is 4.79 Å². The van der Waals surface area contributed by atoms with Gasteiger partial charge in [-0.15, -0.1) is 0 Å². The molecule has 0 aliphatic rings. The van der Waals surface area contributed by atoms with E-state index in [-0.39, 0.29) is 5.91 Å². The number of rotatable bonds is 4. The Labute approximate surface area is 113 Å². The van der Waals surface area contributed by atoms with E-state index in [0.717, 1.165) is 16.8 Å². The van der Waals surface area contributed by atoms with Crippen molar-refractivity contribution >= 4 is 11.6 Å². The molecule has 0 atom stereocenters. The van der Waals surface area contributed by atoms with Crippen LogP contribution in [0.1, 0.15) is 11.1 Å². The Balaban J connectivity index is 2.15. The topological polar surface area (TPSA) is 46.3 Å². The van der Waals surface area contributed by atoms with Crippen molar-refractivity contribution in [2.24, 2.45) is 5.73 Å². The molecule has 0 aromatic heterocycles. The predicted octanol–water partition coefficient (Wildman–Crippen LogP) is 2.35. The van der Waals surface area contributed by atoms with Crippen LogP contribution in [0, 0.1) is 0 Å². The van der Waals surface area contributed by atoms with Gasteiger partial charge in [0, 0.05) is 19.3 Å². The van der Waals surface area contributed by atoms with Crippen molar-refractivity contribution in [1.29, 1.82) is 0 Å². The van der Waals surface area contributed by atoms with Crippen LogP contribution in [-0.4, -0.2) is 13.0 Å². The van der Waals surface area contributed by atoms with Crippen LogP contribution in [0.5, 0.6) is 0 Å². The maximum atomic E-state index is 12.3. The minimum absolute atomic E-state index is 0.0621. The molecule has 0 aliphatic heterocycles. The van der Waals surface area contributed by atoms with Gasteiger partial charge in [-0.25, -0.2) is 0 Å². The lowest BCUT2D eigenvalue weighted by Gasteiger charge is -2.20. The molecule has 0 bridgehead atoms. The van der Waals surface area contributed by atoms with E-state index in [0.29, 0.717) is 13.0 Å². The first-order valence-corrected chi connectivity index (χ1v) is 6.31. The van der Waals surface area contributed by atoms with Gasteiger partial charge in [0.2, 0.25) is 5.91 Å². The zero-order valence-corrected chi connectivity index (χ0v) is 11.0. The third kappa shape index (κ3) is 3.20. The Bertz CT molecular complexity index is 552. The molecular weight excluding hydrogens is 236 g/mol. The van der Waals surface area contributed by atoms with Gasteiger partial charge in [0.1, 0.15) is 0 Å². The Morgan fingerprint density at radius 2 is 1.68 bits per heavy atom. The molecule has 0 spiro atoms. The summed E-state index contributed by atoms with van der Waals surface area (Å²) < 4.78 is 0. The Hall–Kier alpha value is -2.13. The van der Waals surface area contributed by atoms with Gasteiger partial charge in [-0.2, -0.15) is 0 Å². The van der Waals surface area contributed by atoms with E-state index in [1.807, 2.05) is 54.6 Å². The Kier molecular flexibility index (Phi) is 4.31. The van der Waals surface area contributed by atoms with Crippen molar-refractivity contribution in [2.45, 2.75) is 13.0 Å². The first-order valence-electron chi connectivity index (χ1n) is 6.31. The lowest BCUT2D eigenvalue weighted by molar-refractivity contribution is -0.117. The largest absolute Gasteiger partial charge is 0.326 e. The summed E-state index contributed by atoms with van der Waals surface area (Å²) in [5.74, 6) is 0.0621. The fraction of sp³-hybridized carbons (Fsp3) is 0.188. The number of hydrogen-bond acceptors (Lipinski definition) is 2. The first-order chi connectivity index (χ1) is 9.22. The lowest BCUT2D eigenvalue weighted by Crippen LogP contribution is -2.29. The molecular formula is C16H18N2O. The van der Waals surface area contributed by atoms with Crippen LogP contribution >= 0.6 is 0 Å². The van der Waals surface area contributed by atoms with Gasteiger partial charge >= 0.3 is 0 Å². The summed E-state index contributed by atoms with van der Waals surface area (Å²) in [7, 11) is 1.79. The number of nitrogens with two attached hydrogens (primary N) is 1. The molecule has 2 N–H and O–H groups in total. The summed E-state index contributed by atoms with van der Waals surface area (Å²) in [5, 5.41) is 0. The second-order valence-corrected chi connectivity index (χ2v) is 4.45. The molecule has 3 nitrogen and oxygen atoms in total. The van der Waals surface area contributed by atoms with Gasteiger partial charge in [0.25, 0.3) is 0 Å². The van der Waals surface area contributed by atoms with Crippen LogP contribution in [0.25, 0.3) is 0 Å². The Morgan fingerprint density at radius 1 is 1.05 bits per heavy atom. The second kappa shape index (κ2) is 6.16. The van der Waals surface area contributed by atoms with Gasteiger partial charge in [0.15, 0.2) is 0 Å². The van der Waals surface area contributed by atoms with Crippen molar-refractivity contribution in [3.05, 3.63) is 65.7 Å². The van der Waals surface area contributed by atoms with Crippen molar-refractivity contribution in [1.82, 2.24) is 0 Å². The number of amides is 1. The second-order valence-electron chi connectivity index (χ2n) is 4.45. The summed E-state index contributed by atoms with van der Waals surface area (Å²) in [5.41, 5.74) is 8.58. The molecule has 19 heavy (non-hydrogen) atoms. The highest BCUT2D eigenvalue weighted by Gasteiger charge is 2.13. The molecule has 0 aliphatic carbocycles. The van der Waals surface area contributed by atoms with Crippen molar-refractivity contribution in [3.8, 4) is 0 Å². The number of para-hydroxylation sites is 1. The zero-order valence-electron chi connectivity index (χ0n) is 11.0. The highest BCUT2D eigenvalue weighted by Crippen LogP contribution is 2.19. The van der Waals surface area contributed by atoms with E-state index < -0.39 is 0 Å². The molecule has 0 heterocycles. The average Bonchev–Trinajstić information content (AvgIpc) is 2.47. The van der Waals surface area contributed by atoms with E-state index >= 15 is 0 Å². The van der Waals surface area contributed by atoms with Gasteiger partial charge in [-0.05, 0) is 17.2 Å². The van der Waals surface area contributed by atoms with Gasteiger partial charge in [0.05, 0.1) is 6.42 Å². The van der Waals surface area contributed by atoms with Crippen molar-refractivity contribution in [3.63, 3.8) is 0 Å². The number of benzene rings is 2. The summed E-state index contributed by atoms with van der Waals surface area (Å²) >= 11 is 0. The number of nitrogens with zero attached hydrogens (tertiary/aromatic N) is 1. The lowest BCUT2D eigenvalue weighted by atomic mass is 10.1. The normalized spacial score (nSPS) is 10.2. The molecule has 2 rings (SSSR count). The van der Waals surface area contributed by atoms with E-state index in [2.05, 4.69) is 0 Å². The predicted molar refractivity (Wildman–Crippen MR) is 77.9 cm³/mol. The smallest absolute Gasteiger partial charge is 0.231 e. The first kappa shape index (κ1) is 13.3. The molecule has 0 radical (unpaired) electrons. The number of hydrogen-bond donors (Lipinski definition) is 1. The van der Waals surface area contributed by atoms with Crippen LogP contribution < -0.4 is 10.6 Å². The fourth-order valence-corrected chi connectivity index (χ4v) is 2.03. The third-order valence-corrected chi connectivity index (χ3v) is 3.15. The highest BCUT2D eigenvalue weighted by atomic mass is 16.2. The monoisotopic (exact) mass is 254 g/mol. The molecule has 98 valence electrons.